The fraction of sp³-hybridized carbons (Fsp3) is 0.133. The molecule has 0 aliphatic carbocycles. The topological polar surface area (TPSA) is 49.3 Å². The minimum Gasteiger partial charge on any atom is -0.478 e. The number of carboxylic acid groups (broad SMARTS) is 1. The van der Waals surface area contributed by atoms with Crippen molar-refractivity contribution in [2.75, 3.05) is 5.32 Å². The van der Waals surface area contributed by atoms with Gasteiger partial charge in [0.1, 0.15) is 5.82 Å². The van der Waals surface area contributed by atoms with Crippen LogP contribution in [0.3, 0.4) is 0 Å². The minimum atomic E-state index is -0.971. The molecule has 3 nitrogen and oxygen atoms in total. The van der Waals surface area contributed by atoms with Crippen molar-refractivity contribution in [1.82, 2.24) is 0 Å². The summed E-state index contributed by atoms with van der Waals surface area (Å²) in [5.41, 5.74) is 2.09. The Kier molecular flexibility index (Phi) is 4.39. The fourth-order valence-corrected chi connectivity index (χ4v) is 2.25. The lowest BCUT2D eigenvalue weighted by molar-refractivity contribution is 0.0696. The zero-order chi connectivity index (χ0) is 14.7. The highest BCUT2D eigenvalue weighted by atomic mass is 79.9. The number of aromatic carboxylic acids is 1. The Morgan fingerprint density at radius 3 is 2.75 bits per heavy atom. The second kappa shape index (κ2) is 6.05. The van der Waals surface area contributed by atoms with Gasteiger partial charge in [0.05, 0.1) is 5.56 Å². The summed E-state index contributed by atoms with van der Waals surface area (Å²) in [7, 11) is 0. The van der Waals surface area contributed by atoms with Gasteiger partial charge in [-0.2, -0.15) is 0 Å². The first-order valence-electron chi connectivity index (χ1n) is 5.99. The second-order valence-electron chi connectivity index (χ2n) is 4.37. The van der Waals surface area contributed by atoms with Crippen LogP contribution in [0.5, 0.6) is 0 Å². The maximum absolute atomic E-state index is 13.7. The molecule has 0 heterocycles. The normalized spacial score (nSPS) is 10.3. The molecule has 0 aliphatic heterocycles. The summed E-state index contributed by atoms with van der Waals surface area (Å²) >= 11 is 3.20. The van der Waals surface area contributed by atoms with E-state index in [4.69, 9.17) is 5.11 Å². The van der Waals surface area contributed by atoms with E-state index in [1.807, 2.05) is 0 Å². The highest BCUT2D eigenvalue weighted by Crippen LogP contribution is 2.21. The van der Waals surface area contributed by atoms with Crippen LogP contribution in [0, 0.1) is 12.7 Å². The van der Waals surface area contributed by atoms with Gasteiger partial charge in [-0.25, -0.2) is 9.18 Å². The van der Waals surface area contributed by atoms with Crippen LogP contribution in [0.2, 0.25) is 0 Å². The second-order valence-corrected chi connectivity index (χ2v) is 5.29. The molecule has 0 amide bonds. The molecule has 20 heavy (non-hydrogen) atoms. The van der Waals surface area contributed by atoms with Gasteiger partial charge in [-0.15, -0.1) is 0 Å². The van der Waals surface area contributed by atoms with Crippen LogP contribution in [0.4, 0.5) is 10.1 Å². The van der Waals surface area contributed by atoms with E-state index in [1.165, 1.54) is 6.07 Å². The van der Waals surface area contributed by atoms with Crippen LogP contribution in [-0.4, -0.2) is 11.1 Å². The van der Waals surface area contributed by atoms with Gasteiger partial charge in [-0.3, -0.25) is 0 Å². The van der Waals surface area contributed by atoms with E-state index in [0.717, 1.165) is 0 Å². The first-order chi connectivity index (χ1) is 9.49. The van der Waals surface area contributed by atoms with Crippen LogP contribution in [0.15, 0.2) is 40.9 Å². The molecule has 2 aromatic carbocycles. The number of carbonyl (C=O) groups is 1. The Bertz CT molecular complexity index is 658. The average molecular weight is 338 g/mol. The Labute approximate surface area is 124 Å². The van der Waals surface area contributed by atoms with Gasteiger partial charge in [0, 0.05) is 22.3 Å². The number of carboxylic acids is 1. The molecule has 0 fully saturated rings. The van der Waals surface area contributed by atoms with Crippen LogP contribution < -0.4 is 5.32 Å². The van der Waals surface area contributed by atoms with Crippen LogP contribution in [0.25, 0.3) is 0 Å². The molecule has 0 bridgehead atoms. The quantitative estimate of drug-likeness (QED) is 0.878. The van der Waals surface area contributed by atoms with Crippen molar-refractivity contribution in [1.29, 1.82) is 0 Å². The summed E-state index contributed by atoms with van der Waals surface area (Å²) in [5.74, 6) is -1.28. The maximum atomic E-state index is 13.7. The summed E-state index contributed by atoms with van der Waals surface area (Å²) in [6.07, 6.45) is 0. The standard InChI is InChI=1S/C15H13BrFNO2/c1-9-12(15(19)20)3-2-4-14(9)18-8-10-5-6-11(16)7-13(10)17/h2-7,18H,8H2,1H3,(H,19,20). The summed E-state index contributed by atoms with van der Waals surface area (Å²) in [5, 5.41) is 12.1. The molecule has 0 saturated carbocycles. The molecular formula is C15H13BrFNO2. The zero-order valence-corrected chi connectivity index (χ0v) is 12.4. The predicted octanol–water partition coefficient (Wildman–Crippen LogP) is 4.21. The maximum Gasteiger partial charge on any atom is 0.336 e. The van der Waals surface area contributed by atoms with Gasteiger partial charge in [0.15, 0.2) is 0 Å². The molecule has 104 valence electrons. The molecule has 2 rings (SSSR count). The third-order valence-electron chi connectivity index (χ3n) is 3.05. The molecule has 0 unspecified atom stereocenters. The number of rotatable bonds is 4. The number of anilines is 1. The molecule has 0 spiro atoms. The molecule has 2 aromatic rings. The molecule has 0 aromatic heterocycles. The highest BCUT2D eigenvalue weighted by molar-refractivity contribution is 9.10. The molecule has 0 aliphatic rings. The Hall–Kier alpha value is -1.88. The van der Waals surface area contributed by atoms with Gasteiger partial charge in [0.25, 0.3) is 0 Å². The number of benzene rings is 2. The van der Waals surface area contributed by atoms with Crippen molar-refractivity contribution in [3.63, 3.8) is 0 Å². The number of halogens is 2. The van der Waals surface area contributed by atoms with E-state index in [-0.39, 0.29) is 11.4 Å². The van der Waals surface area contributed by atoms with Gasteiger partial charge >= 0.3 is 5.97 Å². The zero-order valence-electron chi connectivity index (χ0n) is 10.8. The smallest absolute Gasteiger partial charge is 0.336 e. The third kappa shape index (κ3) is 3.17. The van der Waals surface area contributed by atoms with E-state index in [9.17, 15) is 9.18 Å². The van der Waals surface area contributed by atoms with Crippen molar-refractivity contribution < 1.29 is 14.3 Å². The largest absolute Gasteiger partial charge is 0.478 e. The molecular weight excluding hydrogens is 325 g/mol. The Morgan fingerprint density at radius 2 is 2.10 bits per heavy atom. The number of nitrogens with one attached hydrogen (secondary N) is 1. The Balaban J connectivity index is 2.19. The summed E-state index contributed by atoms with van der Waals surface area (Å²) < 4.78 is 14.4. The molecule has 0 radical (unpaired) electrons. The molecule has 0 atom stereocenters. The van der Waals surface area contributed by atoms with Crippen molar-refractivity contribution >= 4 is 27.6 Å². The SMILES string of the molecule is Cc1c(NCc2ccc(Br)cc2F)cccc1C(=O)O. The van der Waals surface area contributed by atoms with Gasteiger partial charge in [-0.05, 0) is 36.8 Å². The number of hydrogen-bond donors (Lipinski definition) is 2. The van der Waals surface area contributed by atoms with Crippen LogP contribution >= 0.6 is 15.9 Å². The molecule has 0 saturated heterocycles. The lowest BCUT2D eigenvalue weighted by atomic mass is 10.1. The van der Waals surface area contributed by atoms with Crippen molar-refractivity contribution in [3.05, 3.63) is 63.4 Å². The fourth-order valence-electron chi connectivity index (χ4n) is 1.91. The van der Waals surface area contributed by atoms with E-state index < -0.39 is 5.97 Å². The van der Waals surface area contributed by atoms with E-state index >= 15 is 0 Å². The van der Waals surface area contributed by atoms with Crippen molar-refractivity contribution in [2.45, 2.75) is 13.5 Å². The third-order valence-corrected chi connectivity index (χ3v) is 3.54. The van der Waals surface area contributed by atoms with Gasteiger partial charge in [-0.1, -0.05) is 28.1 Å². The lowest BCUT2D eigenvalue weighted by Gasteiger charge is -2.12. The first-order valence-corrected chi connectivity index (χ1v) is 6.79. The Morgan fingerprint density at radius 1 is 1.35 bits per heavy atom. The first kappa shape index (κ1) is 14.5. The summed E-state index contributed by atoms with van der Waals surface area (Å²) in [6.45, 7) is 2.02. The average Bonchev–Trinajstić information content (AvgIpc) is 2.39. The highest BCUT2D eigenvalue weighted by Gasteiger charge is 2.10. The van der Waals surface area contributed by atoms with E-state index in [2.05, 4.69) is 21.2 Å². The van der Waals surface area contributed by atoms with Crippen LogP contribution in [0.1, 0.15) is 21.5 Å². The van der Waals surface area contributed by atoms with Crippen LogP contribution in [-0.2, 0) is 6.54 Å². The van der Waals surface area contributed by atoms with Gasteiger partial charge in [0.2, 0.25) is 0 Å². The number of hydrogen-bond acceptors (Lipinski definition) is 2. The van der Waals surface area contributed by atoms with E-state index in [0.29, 0.717) is 27.8 Å². The molecule has 2 N–H and O–H groups in total. The van der Waals surface area contributed by atoms with Crippen molar-refractivity contribution in [2.24, 2.45) is 0 Å². The van der Waals surface area contributed by atoms with Gasteiger partial charge < -0.3 is 10.4 Å². The summed E-state index contributed by atoms with van der Waals surface area (Å²) in [4.78, 5) is 11.0. The minimum absolute atomic E-state index is 0.242. The molecule has 5 heteroatoms. The van der Waals surface area contributed by atoms with Crippen molar-refractivity contribution in [3.8, 4) is 0 Å². The summed E-state index contributed by atoms with van der Waals surface area (Å²) in [6, 6.07) is 9.83. The monoisotopic (exact) mass is 337 g/mol. The van der Waals surface area contributed by atoms with E-state index in [1.54, 1.807) is 37.3 Å². The lowest BCUT2D eigenvalue weighted by Crippen LogP contribution is -2.06. The predicted molar refractivity (Wildman–Crippen MR) is 79.6 cm³/mol.